The molecule has 8 heteroatoms. The fraction of sp³-hybridized carbons (Fsp3) is 0.286. The van der Waals surface area contributed by atoms with Crippen molar-refractivity contribution in [3.8, 4) is 23.0 Å². The molecule has 0 bridgehead atoms. The molecular weight excluding hydrogens is 594 g/mol. The maximum atomic E-state index is 13.3. The molecule has 2 aliphatic heterocycles. The molecular formula is C28H30FIO5S. The van der Waals surface area contributed by atoms with Crippen molar-refractivity contribution in [1.29, 1.82) is 0.594 Å². The van der Waals surface area contributed by atoms with Gasteiger partial charge in [0.2, 0.25) is 0 Å². The molecule has 0 aromatic heterocycles. The molecule has 5 nitrogen and oxygen atoms in total. The summed E-state index contributed by atoms with van der Waals surface area (Å²) >= 11 is 3.14. The van der Waals surface area contributed by atoms with Crippen LogP contribution in [0.25, 0.3) is 0 Å². The van der Waals surface area contributed by atoms with Crippen LogP contribution in [0, 0.1) is 5.41 Å². The first-order valence-electron chi connectivity index (χ1n) is 11.2. The molecule has 0 radical (unpaired) electrons. The van der Waals surface area contributed by atoms with E-state index in [0.717, 1.165) is 10.4 Å². The summed E-state index contributed by atoms with van der Waals surface area (Å²) in [7, 11) is 0. The number of thiocarbonyl (C=S) groups is 1. The first kappa shape index (κ1) is 26.3. The molecule has 0 saturated carbocycles. The van der Waals surface area contributed by atoms with E-state index in [2.05, 4.69) is 20.8 Å². The average Bonchev–Trinajstić information content (AvgIpc) is 3.06. The number of alkyl halides is 1. The van der Waals surface area contributed by atoms with Crippen LogP contribution in [0.4, 0.5) is 2.86 Å². The second-order valence-corrected chi connectivity index (χ2v) is 10.7. The third-order valence-corrected chi connectivity index (χ3v) is 6.83. The second-order valence-electron chi connectivity index (χ2n) is 9.37. The number of phenolic OH excluding ortho intramolecular Hbond substituents is 2. The van der Waals surface area contributed by atoms with Crippen LogP contribution in [-0.4, -0.2) is 26.6 Å². The number of carbonyl (C=O) groups excluding carboxylic acids is 1. The summed E-state index contributed by atoms with van der Waals surface area (Å²) in [6.07, 6.45) is 0.481. The van der Waals surface area contributed by atoms with E-state index in [1.165, 1.54) is 17.1 Å². The molecule has 0 fully saturated rings. The van der Waals surface area contributed by atoms with E-state index in [1.54, 1.807) is 24.3 Å². The first-order chi connectivity index (χ1) is 16.8. The predicted octanol–water partition coefficient (Wildman–Crippen LogP) is 7.46. The van der Waals surface area contributed by atoms with Gasteiger partial charge in [0.15, 0.2) is 5.60 Å². The van der Waals surface area contributed by atoms with Crippen LogP contribution >= 0.6 is 33.8 Å². The Hall–Kier alpha value is -2.72. The first-order valence-corrected chi connectivity index (χ1v) is 14.3. The summed E-state index contributed by atoms with van der Waals surface area (Å²) in [6, 6.07) is 15.1. The van der Waals surface area contributed by atoms with Crippen molar-refractivity contribution >= 4 is 44.6 Å². The molecule has 0 amide bonds. The second kappa shape index (κ2) is 10.3. The van der Waals surface area contributed by atoms with Gasteiger partial charge in [-0.25, -0.2) is 4.79 Å². The summed E-state index contributed by atoms with van der Waals surface area (Å²) in [6.45, 7) is 6.17. The van der Waals surface area contributed by atoms with Crippen LogP contribution in [-0.2, 0) is 16.8 Å². The van der Waals surface area contributed by atoms with Crippen molar-refractivity contribution in [2.24, 2.45) is 5.41 Å². The average molecular weight is 627 g/mol. The molecule has 0 unspecified atom stereocenters. The molecule has 3 aromatic rings. The van der Waals surface area contributed by atoms with Gasteiger partial charge in [-0.05, 0) is 35.2 Å². The van der Waals surface area contributed by atoms with Crippen LogP contribution in [0.15, 0.2) is 54.6 Å². The van der Waals surface area contributed by atoms with Gasteiger partial charge in [0, 0.05) is 40.1 Å². The molecule has 2 aliphatic rings. The molecule has 1 spiro atoms. The SMILES string of the molecule is C.CC(C)(C)C(=S)Cc1cccc2c1C(=O)OC21c2ccc(O)cc2Oc2cc(O)ccc21.[3H]I(C)F. The number of hydrogen-bond acceptors (Lipinski definition) is 6. The molecule has 0 saturated heterocycles. The number of hydrogen-bond donors (Lipinski definition) is 2. The van der Waals surface area contributed by atoms with Gasteiger partial charge >= 0.3 is 35.9 Å². The Labute approximate surface area is 227 Å². The van der Waals surface area contributed by atoms with Crippen molar-refractivity contribution in [3.63, 3.8) is 0 Å². The minimum atomic E-state index is -2.51. The minimum absolute atomic E-state index is 0. The third kappa shape index (κ3) is 4.68. The van der Waals surface area contributed by atoms with E-state index < -0.39 is 33.2 Å². The van der Waals surface area contributed by atoms with Gasteiger partial charge in [-0.3, -0.25) is 0 Å². The zero-order chi connectivity index (χ0) is 26.4. The maximum absolute atomic E-state index is 13.3. The Morgan fingerprint density at radius 1 is 1.06 bits per heavy atom. The number of halogens is 2. The molecule has 0 atom stereocenters. The summed E-state index contributed by atoms with van der Waals surface area (Å²) in [4.78, 5) is 15.5. The number of carbonyl (C=O) groups is 1. The zero-order valence-corrected chi connectivity index (χ0v) is 22.7. The van der Waals surface area contributed by atoms with E-state index >= 15 is 0 Å². The van der Waals surface area contributed by atoms with E-state index in [0.29, 0.717) is 40.2 Å². The molecule has 3 aromatic carbocycles. The van der Waals surface area contributed by atoms with Crippen LogP contribution in [0.5, 0.6) is 23.0 Å². The Kier molecular flexibility index (Phi) is 7.56. The molecule has 2 heterocycles. The quantitative estimate of drug-likeness (QED) is 0.133. The van der Waals surface area contributed by atoms with Crippen molar-refractivity contribution in [1.82, 2.24) is 0 Å². The van der Waals surface area contributed by atoms with Crippen LogP contribution in [0.3, 0.4) is 0 Å². The fourth-order valence-electron chi connectivity index (χ4n) is 4.40. The Morgan fingerprint density at radius 2 is 1.58 bits per heavy atom. The number of fused-ring (bicyclic) bond motifs is 6. The Balaban J connectivity index is 0.000000711. The van der Waals surface area contributed by atoms with Gasteiger partial charge in [0.25, 0.3) is 0 Å². The van der Waals surface area contributed by atoms with Crippen LogP contribution < -0.4 is 4.74 Å². The molecule has 5 rings (SSSR count). The summed E-state index contributed by atoms with van der Waals surface area (Å²) in [5.41, 5.74) is 1.79. The zero-order valence-electron chi connectivity index (χ0n) is 20.7. The normalized spacial score (nSPS) is 15.0. The monoisotopic (exact) mass is 626 g/mol. The van der Waals surface area contributed by atoms with Crippen molar-refractivity contribution in [3.05, 3.63) is 82.4 Å². The number of phenols is 2. The standard InChI is InChI=1S/C26H22O5S.CH4FI.CH4/c1-25(2,3)22(32)11-14-5-4-6-19-23(14)24(29)31-26(19)17-9-7-15(27)12-20(17)30-21-13-16(28)8-10-18(21)26;1-3-2;/h4-10,12-13,27-28H,11H2,1-3H3;3H,1H3;1H4/i;3T;. The Bertz CT molecular complexity index is 1310. The third-order valence-electron chi connectivity index (χ3n) is 6.08. The number of ether oxygens (including phenoxy) is 2. The van der Waals surface area contributed by atoms with E-state index in [1.807, 2.05) is 18.2 Å². The van der Waals surface area contributed by atoms with Crippen molar-refractivity contribution in [2.75, 3.05) is 4.93 Å². The van der Waals surface area contributed by atoms with Gasteiger partial charge in [-0.1, -0.05) is 58.6 Å². The van der Waals surface area contributed by atoms with Crippen molar-refractivity contribution in [2.45, 2.75) is 40.2 Å². The van der Waals surface area contributed by atoms with Gasteiger partial charge in [-0.2, -0.15) is 0 Å². The number of esters is 1. The molecule has 0 aliphatic carbocycles. The summed E-state index contributed by atoms with van der Waals surface area (Å²) < 4.78 is 29.1. The molecule has 192 valence electrons. The molecule has 36 heavy (non-hydrogen) atoms. The topological polar surface area (TPSA) is 76.0 Å². The number of rotatable bonds is 2. The van der Waals surface area contributed by atoms with Gasteiger partial charge in [0.1, 0.15) is 23.0 Å². The number of benzene rings is 3. The predicted molar refractivity (Wildman–Crippen MR) is 153 cm³/mol. The summed E-state index contributed by atoms with van der Waals surface area (Å²) in [5, 5.41) is 20.1. The Morgan fingerprint density at radius 3 is 2.08 bits per heavy atom. The van der Waals surface area contributed by atoms with Gasteiger partial charge < -0.3 is 19.7 Å². The van der Waals surface area contributed by atoms with E-state index in [9.17, 15) is 17.9 Å². The van der Waals surface area contributed by atoms with Gasteiger partial charge in [-0.15, -0.1) is 0 Å². The van der Waals surface area contributed by atoms with Crippen molar-refractivity contribution < 1.29 is 27.3 Å². The van der Waals surface area contributed by atoms with Crippen LogP contribution in [0.2, 0.25) is 0 Å². The van der Waals surface area contributed by atoms with Gasteiger partial charge in [0.05, 0.1) is 5.56 Å². The molecule has 2 N–H and O–H groups in total. The van der Waals surface area contributed by atoms with E-state index in [4.69, 9.17) is 22.3 Å². The number of aromatic hydroxyl groups is 2. The summed E-state index contributed by atoms with van der Waals surface area (Å²) in [5.74, 6) is 0.332. The fourth-order valence-corrected chi connectivity index (χ4v) is 4.56. The van der Waals surface area contributed by atoms with Crippen LogP contribution in [0.1, 0.15) is 60.8 Å². The van der Waals surface area contributed by atoms with E-state index in [-0.39, 0.29) is 24.3 Å².